The minimum absolute atomic E-state index is 0.0157. The van der Waals surface area contributed by atoms with Gasteiger partial charge in [-0.3, -0.25) is 8.98 Å². The van der Waals surface area contributed by atoms with Crippen LogP contribution in [0.25, 0.3) is 0 Å². The van der Waals surface area contributed by atoms with Crippen LogP contribution in [-0.2, 0) is 24.5 Å². The summed E-state index contributed by atoms with van der Waals surface area (Å²) in [5.41, 5.74) is 1.26. The van der Waals surface area contributed by atoms with Gasteiger partial charge in [0.25, 0.3) is 10.1 Å². The number of carbonyl (C=O) groups is 1. The normalized spacial score (nSPS) is 40.4. The van der Waals surface area contributed by atoms with Crippen molar-refractivity contribution in [2.75, 3.05) is 0 Å². The van der Waals surface area contributed by atoms with Gasteiger partial charge in [0.05, 0.1) is 11.0 Å². The average Bonchev–Trinajstić information content (AvgIpc) is 3.08. The smallest absolute Gasteiger partial charge is 0.297 e. The standard InChI is InChI=1S/C29H42O4S/c1-27(2,3)19-6-9-22(10-7-19)34(31,32)33-21-14-16-28(4)20(18-21)8-11-23-24-12-13-26(30)29(24,5)17-15-25(23)28/h6-7,9-10,20-21,23-25H,8,11-18H2,1-5H3/t20-,21+,23-,24+,25+,28-,29-/m0/s1. The molecule has 5 heteroatoms. The Morgan fingerprint density at radius 3 is 2.29 bits per heavy atom. The predicted octanol–water partition coefficient (Wildman–Crippen LogP) is 6.67. The van der Waals surface area contributed by atoms with Gasteiger partial charge in [0, 0.05) is 11.8 Å². The maximum atomic E-state index is 13.1. The predicted molar refractivity (Wildman–Crippen MR) is 134 cm³/mol. The Balaban J connectivity index is 1.28. The lowest BCUT2D eigenvalue weighted by molar-refractivity contribution is -0.141. The summed E-state index contributed by atoms with van der Waals surface area (Å²) in [6.45, 7) is 11.1. The molecule has 1 aromatic rings. The van der Waals surface area contributed by atoms with Crippen LogP contribution >= 0.6 is 0 Å². The first kappa shape index (κ1) is 24.5. The summed E-state index contributed by atoms with van der Waals surface area (Å²) in [6, 6.07) is 7.19. The molecule has 5 rings (SSSR count). The van der Waals surface area contributed by atoms with Crippen LogP contribution in [0.2, 0.25) is 0 Å². The van der Waals surface area contributed by atoms with Gasteiger partial charge in [0.15, 0.2) is 0 Å². The quantitative estimate of drug-likeness (QED) is 0.448. The highest BCUT2D eigenvalue weighted by atomic mass is 32.2. The monoisotopic (exact) mass is 486 g/mol. The fourth-order valence-corrected chi connectivity index (χ4v) is 9.55. The van der Waals surface area contributed by atoms with Gasteiger partial charge in [-0.15, -0.1) is 0 Å². The van der Waals surface area contributed by atoms with E-state index >= 15 is 0 Å². The van der Waals surface area contributed by atoms with Gasteiger partial charge in [-0.25, -0.2) is 0 Å². The number of benzene rings is 1. The van der Waals surface area contributed by atoms with E-state index in [1.54, 1.807) is 12.1 Å². The zero-order valence-corrected chi connectivity index (χ0v) is 22.4. The third kappa shape index (κ3) is 3.89. The Kier molecular flexibility index (Phi) is 5.88. The van der Waals surface area contributed by atoms with E-state index in [2.05, 4.69) is 34.6 Å². The van der Waals surface area contributed by atoms with Crippen LogP contribution in [0.4, 0.5) is 0 Å². The zero-order chi connectivity index (χ0) is 24.5. The van der Waals surface area contributed by atoms with Gasteiger partial charge in [-0.05, 0) is 104 Å². The molecule has 0 heterocycles. The molecule has 0 unspecified atom stereocenters. The summed E-state index contributed by atoms with van der Waals surface area (Å²) in [7, 11) is -3.77. The molecular formula is C29H42O4S. The number of carbonyl (C=O) groups excluding carboxylic acids is 1. The topological polar surface area (TPSA) is 60.4 Å². The molecular weight excluding hydrogens is 444 g/mol. The summed E-state index contributed by atoms with van der Waals surface area (Å²) in [5, 5.41) is 0. The molecule has 4 aliphatic rings. The first-order chi connectivity index (χ1) is 15.8. The van der Waals surface area contributed by atoms with Crippen molar-refractivity contribution in [1.82, 2.24) is 0 Å². The van der Waals surface area contributed by atoms with Gasteiger partial charge in [0.1, 0.15) is 5.78 Å². The molecule has 1 aromatic carbocycles. The minimum atomic E-state index is -3.77. The lowest BCUT2D eigenvalue weighted by atomic mass is 9.45. The molecule has 4 saturated carbocycles. The molecule has 0 saturated heterocycles. The molecule has 0 bridgehead atoms. The molecule has 4 aliphatic carbocycles. The van der Waals surface area contributed by atoms with Crippen LogP contribution in [0, 0.1) is 34.5 Å². The summed E-state index contributed by atoms with van der Waals surface area (Å²) in [6.07, 6.45) is 8.80. The largest absolute Gasteiger partial charge is 0.299 e. The highest BCUT2D eigenvalue weighted by Crippen LogP contribution is 2.65. The first-order valence-corrected chi connectivity index (χ1v) is 14.8. The van der Waals surface area contributed by atoms with E-state index < -0.39 is 10.1 Å². The molecule has 4 nitrogen and oxygen atoms in total. The first-order valence-electron chi connectivity index (χ1n) is 13.4. The summed E-state index contributed by atoms with van der Waals surface area (Å²) >= 11 is 0. The van der Waals surface area contributed by atoms with Gasteiger partial charge in [-0.2, -0.15) is 8.42 Å². The Hall–Kier alpha value is -1.20. The second-order valence-electron chi connectivity index (χ2n) is 13.3. The molecule has 0 aliphatic heterocycles. The van der Waals surface area contributed by atoms with Crippen molar-refractivity contribution in [3.05, 3.63) is 29.8 Å². The second kappa shape index (κ2) is 8.16. The van der Waals surface area contributed by atoms with Gasteiger partial charge < -0.3 is 0 Å². The second-order valence-corrected chi connectivity index (χ2v) is 14.9. The van der Waals surface area contributed by atoms with Crippen molar-refractivity contribution in [2.24, 2.45) is 34.5 Å². The Labute approximate surface area is 206 Å². The Bertz CT molecular complexity index is 1050. The maximum Gasteiger partial charge on any atom is 0.297 e. The highest BCUT2D eigenvalue weighted by Gasteiger charge is 2.60. The van der Waals surface area contributed by atoms with E-state index in [0.29, 0.717) is 29.5 Å². The van der Waals surface area contributed by atoms with Gasteiger partial charge >= 0.3 is 0 Å². The van der Waals surface area contributed by atoms with E-state index in [0.717, 1.165) is 56.9 Å². The van der Waals surface area contributed by atoms with Crippen molar-refractivity contribution in [1.29, 1.82) is 0 Å². The number of fused-ring (bicyclic) bond motifs is 5. The maximum absolute atomic E-state index is 13.1. The number of hydrogen-bond acceptors (Lipinski definition) is 4. The fraction of sp³-hybridized carbons (Fsp3) is 0.759. The van der Waals surface area contributed by atoms with Gasteiger partial charge in [0.2, 0.25) is 0 Å². The Morgan fingerprint density at radius 2 is 1.62 bits per heavy atom. The molecule has 0 spiro atoms. The van der Waals surface area contributed by atoms with E-state index in [4.69, 9.17) is 4.18 Å². The number of Topliss-reactive ketones (excluding diaryl/α,β-unsaturated/α-hetero) is 1. The van der Waals surface area contributed by atoms with E-state index in [-0.39, 0.29) is 27.2 Å². The van der Waals surface area contributed by atoms with E-state index in [9.17, 15) is 13.2 Å². The fourth-order valence-electron chi connectivity index (χ4n) is 8.43. The van der Waals surface area contributed by atoms with Crippen LogP contribution in [0.5, 0.6) is 0 Å². The molecule has 188 valence electrons. The lowest BCUT2D eigenvalue weighted by Crippen LogP contribution is -2.54. The number of ketones is 1. The Morgan fingerprint density at radius 1 is 0.912 bits per heavy atom. The molecule has 4 fully saturated rings. The van der Waals surface area contributed by atoms with E-state index in [1.165, 1.54) is 6.42 Å². The molecule has 0 radical (unpaired) electrons. The lowest BCUT2D eigenvalue weighted by Gasteiger charge is -2.60. The molecule has 0 aromatic heterocycles. The SMILES string of the molecule is CC(C)(C)c1ccc(S(=O)(=O)O[C@@H]2CC[C@@]3(C)[C@@H](CC[C@@H]4[C@H]3CC[C@]3(C)C(=O)CC[C@H]43)C2)cc1. The van der Waals surface area contributed by atoms with Crippen molar-refractivity contribution < 1.29 is 17.4 Å². The number of rotatable bonds is 3. The molecule has 0 N–H and O–H groups in total. The summed E-state index contributed by atoms with van der Waals surface area (Å²) in [5.74, 6) is 2.89. The summed E-state index contributed by atoms with van der Waals surface area (Å²) < 4.78 is 32.0. The van der Waals surface area contributed by atoms with Crippen molar-refractivity contribution in [3.63, 3.8) is 0 Å². The molecule has 34 heavy (non-hydrogen) atoms. The third-order valence-electron chi connectivity index (χ3n) is 10.6. The average molecular weight is 487 g/mol. The number of hydrogen-bond donors (Lipinski definition) is 0. The van der Waals surface area contributed by atoms with E-state index in [1.807, 2.05) is 12.1 Å². The van der Waals surface area contributed by atoms with Crippen molar-refractivity contribution in [3.8, 4) is 0 Å². The van der Waals surface area contributed by atoms with Gasteiger partial charge in [-0.1, -0.05) is 46.8 Å². The third-order valence-corrected chi connectivity index (χ3v) is 12.0. The van der Waals surface area contributed by atoms with Crippen LogP contribution in [0.3, 0.4) is 0 Å². The zero-order valence-electron chi connectivity index (χ0n) is 21.6. The van der Waals surface area contributed by atoms with Crippen LogP contribution < -0.4 is 0 Å². The minimum Gasteiger partial charge on any atom is -0.299 e. The molecule has 0 amide bonds. The highest BCUT2D eigenvalue weighted by molar-refractivity contribution is 7.86. The summed E-state index contributed by atoms with van der Waals surface area (Å²) in [4.78, 5) is 12.9. The van der Waals surface area contributed by atoms with Crippen LogP contribution in [0.15, 0.2) is 29.2 Å². The van der Waals surface area contributed by atoms with Crippen molar-refractivity contribution in [2.45, 2.75) is 109 Å². The molecule has 7 atom stereocenters. The van der Waals surface area contributed by atoms with Crippen LogP contribution in [-0.4, -0.2) is 20.3 Å². The van der Waals surface area contributed by atoms with Crippen LogP contribution in [0.1, 0.15) is 98.0 Å². The van der Waals surface area contributed by atoms with Crippen molar-refractivity contribution >= 4 is 15.9 Å².